The van der Waals surface area contributed by atoms with Gasteiger partial charge in [-0.2, -0.15) is 0 Å². The minimum atomic E-state index is -0.169. The van der Waals surface area contributed by atoms with Crippen molar-refractivity contribution in [1.29, 1.82) is 0 Å². The molecule has 0 heterocycles. The molecule has 0 spiro atoms. The van der Waals surface area contributed by atoms with E-state index >= 15 is 0 Å². The minimum Gasteiger partial charge on any atom is -0.493 e. The van der Waals surface area contributed by atoms with Crippen LogP contribution in [0, 0.1) is 0 Å². The van der Waals surface area contributed by atoms with E-state index in [1.807, 2.05) is 73.7 Å². The molecule has 0 aliphatic heterocycles. The number of hydrogen-bond donors (Lipinski definition) is 1. The van der Waals surface area contributed by atoms with Gasteiger partial charge >= 0.3 is 0 Å². The Morgan fingerprint density at radius 2 is 1.63 bits per heavy atom. The van der Waals surface area contributed by atoms with E-state index < -0.39 is 0 Å². The molecule has 0 aliphatic carbocycles. The second-order valence-corrected chi connectivity index (χ2v) is 8.23. The molecule has 0 aliphatic rings. The molecular weight excluding hydrogens is 418 g/mol. The molecule has 3 rings (SSSR count). The maximum atomic E-state index is 12.6. The summed E-state index contributed by atoms with van der Waals surface area (Å²) < 4.78 is 10.6. The molecule has 0 saturated heterocycles. The van der Waals surface area contributed by atoms with Crippen LogP contribution in [0.4, 0.5) is 0 Å². The molecule has 0 fully saturated rings. The summed E-state index contributed by atoms with van der Waals surface area (Å²) in [6, 6.07) is 20.9. The Kier molecular flexibility index (Phi) is 7.66. The van der Waals surface area contributed by atoms with Crippen molar-refractivity contribution in [3.05, 3.63) is 88.4 Å². The molecule has 30 heavy (non-hydrogen) atoms. The second kappa shape index (κ2) is 10.4. The van der Waals surface area contributed by atoms with Gasteiger partial charge in [-0.05, 0) is 66.6 Å². The van der Waals surface area contributed by atoms with Crippen LogP contribution in [0.25, 0.3) is 0 Å². The molecule has 0 bridgehead atoms. The first-order valence-corrected chi connectivity index (χ1v) is 10.9. The summed E-state index contributed by atoms with van der Waals surface area (Å²) in [7, 11) is 3.19. The molecule has 0 unspecified atom stereocenters. The Balaban J connectivity index is 1.59. The first kappa shape index (κ1) is 22.1. The smallest absolute Gasteiger partial charge is 0.251 e. The maximum absolute atomic E-state index is 12.6. The summed E-state index contributed by atoms with van der Waals surface area (Å²) in [5, 5.41) is 3.76. The van der Waals surface area contributed by atoms with Gasteiger partial charge in [0, 0.05) is 21.2 Å². The zero-order valence-electron chi connectivity index (χ0n) is 17.1. The average Bonchev–Trinajstić information content (AvgIpc) is 2.78. The lowest BCUT2D eigenvalue weighted by molar-refractivity contribution is 0.0940. The van der Waals surface area contributed by atoms with Crippen LogP contribution in [0.2, 0.25) is 5.02 Å². The number of rotatable bonds is 8. The van der Waals surface area contributed by atoms with Gasteiger partial charge in [0.25, 0.3) is 5.91 Å². The Morgan fingerprint density at radius 1 is 0.967 bits per heavy atom. The van der Waals surface area contributed by atoms with Crippen molar-refractivity contribution < 1.29 is 14.3 Å². The Hall–Kier alpha value is -2.63. The lowest BCUT2D eigenvalue weighted by Crippen LogP contribution is -2.26. The summed E-state index contributed by atoms with van der Waals surface area (Å²) in [4.78, 5) is 13.8. The highest BCUT2D eigenvalue weighted by Crippen LogP contribution is 2.30. The highest BCUT2D eigenvalue weighted by Gasteiger charge is 2.14. The van der Waals surface area contributed by atoms with Crippen molar-refractivity contribution in [2.75, 3.05) is 14.2 Å². The van der Waals surface area contributed by atoms with Gasteiger partial charge in [-0.3, -0.25) is 4.79 Å². The van der Waals surface area contributed by atoms with Gasteiger partial charge in [0.05, 0.1) is 20.3 Å². The molecular formula is C24H24ClNO3S. The van der Waals surface area contributed by atoms with E-state index in [-0.39, 0.29) is 11.9 Å². The maximum Gasteiger partial charge on any atom is 0.251 e. The number of nitrogens with one attached hydrogen (secondary N) is 1. The van der Waals surface area contributed by atoms with Crippen LogP contribution in [-0.4, -0.2) is 20.1 Å². The molecule has 1 N–H and O–H groups in total. The number of methoxy groups -OCH3 is 2. The number of hydrogen-bond acceptors (Lipinski definition) is 4. The molecule has 6 heteroatoms. The highest BCUT2D eigenvalue weighted by molar-refractivity contribution is 7.98. The van der Waals surface area contributed by atoms with Crippen molar-refractivity contribution >= 4 is 29.3 Å². The summed E-state index contributed by atoms with van der Waals surface area (Å²) in [5.74, 6) is 2.01. The number of carbonyl (C=O) groups is 1. The van der Waals surface area contributed by atoms with Gasteiger partial charge in [-0.1, -0.05) is 29.8 Å². The SMILES string of the molecule is COc1ccc([C@@H](C)NC(=O)c2ccc(CSc3ccc(Cl)cc3)cc2)cc1OC. The minimum absolute atomic E-state index is 0.116. The highest BCUT2D eigenvalue weighted by atomic mass is 35.5. The third-order valence-corrected chi connectivity index (χ3v) is 6.03. The van der Waals surface area contributed by atoms with Gasteiger partial charge in [-0.15, -0.1) is 11.8 Å². The third kappa shape index (κ3) is 5.71. The Bertz CT molecular complexity index is 990. The number of amides is 1. The number of carbonyl (C=O) groups excluding carboxylic acids is 1. The quantitative estimate of drug-likeness (QED) is 0.426. The van der Waals surface area contributed by atoms with E-state index in [1.165, 1.54) is 0 Å². The molecule has 0 saturated carbocycles. The molecule has 1 atom stereocenters. The van der Waals surface area contributed by atoms with E-state index in [9.17, 15) is 4.79 Å². The average molecular weight is 442 g/mol. The van der Waals surface area contributed by atoms with Crippen LogP contribution in [0.5, 0.6) is 11.5 Å². The van der Waals surface area contributed by atoms with Crippen LogP contribution in [0.1, 0.15) is 34.5 Å². The molecule has 0 radical (unpaired) electrons. The molecule has 3 aromatic rings. The first-order chi connectivity index (χ1) is 14.5. The van der Waals surface area contributed by atoms with Crippen LogP contribution < -0.4 is 14.8 Å². The van der Waals surface area contributed by atoms with Gasteiger partial charge in [0.15, 0.2) is 11.5 Å². The number of halogens is 1. The first-order valence-electron chi connectivity index (χ1n) is 9.50. The van der Waals surface area contributed by atoms with E-state index in [2.05, 4.69) is 5.32 Å². The van der Waals surface area contributed by atoms with E-state index in [0.717, 1.165) is 26.8 Å². The van der Waals surface area contributed by atoms with Crippen LogP contribution in [-0.2, 0) is 5.75 Å². The Morgan fingerprint density at radius 3 is 2.27 bits per heavy atom. The molecule has 0 aromatic heterocycles. The monoisotopic (exact) mass is 441 g/mol. The zero-order valence-corrected chi connectivity index (χ0v) is 18.7. The number of ether oxygens (including phenoxy) is 2. The fraction of sp³-hybridized carbons (Fsp3) is 0.208. The van der Waals surface area contributed by atoms with Gasteiger partial charge < -0.3 is 14.8 Å². The van der Waals surface area contributed by atoms with Gasteiger partial charge in [0.1, 0.15) is 0 Å². The number of benzene rings is 3. The van der Waals surface area contributed by atoms with Crippen LogP contribution >= 0.6 is 23.4 Å². The number of thioether (sulfide) groups is 1. The normalized spacial score (nSPS) is 11.6. The molecule has 156 valence electrons. The van der Waals surface area contributed by atoms with Crippen molar-refractivity contribution in [2.45, 2.75) is 23.6 Å². The second-order valence-electron chi connectivity index (χ2n) is 6.75. The van der Waals surface area contributed by atoms with Crippen molar-refractivity contribution in [3.8, 4) is 11.5 Å². The van der Waals surface area contributed by atoms with E-state index in [4.69, 9.17) is 21.1 Å². The largest absolute Gasteiger partial charge is 0.493 e. The fourth-order valence-electron chi connectivity index (χ4n) is 2.94. The van der Waals surface area contributed by atoms with Crippen LogP contribution in [0.3, 0.4) is 0 Å². The summed E-state index contributed by atoms with van der Waals surface area (Å²) >= 11 is 7.65. The lowest BCUT2D eigenvalue weighted by Gasteiger charge is -2.16. The van der Waals surface area contributed by atoms with E-state index in [1.54, 1.807) is 26.0 Å². The predicted octanol–water partition coefficient (Wildman–Crippen LogP) is 6.14. The van der Waals surface area contributed by atoms with Gasteiger partial charge in [-0.25, -0.2) is 0 Å². The standard InChI is InChI=1S/C24H24ClNO3S/c1-16(19-8-13-22(28-2)23(14-19)29-3)26-24(27)18-6-4-17(5-7-18)15-30-21-11-9-20(25)10-12-21/h4-14,16H,15H2,1-3H3,(H,26,27)/t16-/m1/s1. The third-order valence-electron chi connectivity index (χ3n) is 4.69. The van der Waals surface area contributed by atoms with Crippen molar-refractivity contribution in [2.24, 2.45) is 0 Å². The lowest BCUT2D eigenvalue weighted by atomic mass is 10.1. The van der Waals surface area contributed by atoms with Crippen molar-refractivity contribution in [1.82, 2.24) is 5.32 Å². The summed E-state index contributed by atoms with van der Waals surface area (Å²) in [6.07, 6.45) is 0. The van der Waals surface area contributed by atoms with E-state index in [0.29, 0.717) is 17.1 Å². The molecule has 3 aromatic carbocycles. The van der Waals surface area contributed by atoms with Crippen molar-refractivity contribution in [3.63, 3.8) is 0 Å². The van der Waals surface area contributed by atoms with Gasteiger partial charge in [0.2, 0.25) is 0 Å². The van der Waals surface area contributed by atoms with Crippen LogP contribution in [0.15, 0.2) is 71.6 Å². The summed E-state index contributed by atoms with van der Waals surface area (Å²) in [5.41, 5.74) is 2.72. The zero-order chi connectivity index (χ0) is 21.5. The topological polar surface area (TPSA) is 47.6 Å². The Labute approximate surface area is 186 Å². The predicted molar refractivity (Wildman–Crippen MR) is 123 cm³/mol. The molecule has 1 amide bonds. The molecule has 4 nitrogen and oxygen atoms in total. The fourth-order valence-corrected chi connectivity index (χ4v) is 3.92. The summed E-state index contributed by atoms with van der Waals surface area (Å²) in [6.45, 7) is 1.94.